The fourth-order valence-corrected chi connectivity index (χ4v) is 1.45. The molecular weight excluding hydrogens is 208 g/mol. The molecule has 0 saturated carbocycles. The molecule has 0 bridgehead atoms. The number of ether oxygens (including phenoxy) is 1. The Hall–Kier alpha value is -1.23. The van der Waals surface area contributed by atoms with Crippen LogP contribution in [0.1, 0.15) is 26.7 Å². The average Bonchev–Trinajstić information content (AvgIpc) is 2.57. The third kappa shape index (κ3) is 3.13. The standard InChI is InChI=1S/C11H20N2O3/c1-4-5-6-13-8-7-12(3)11(13)16-10(15)9(2)14/h7-9,11,14H,4-6H2,1-3H3. The van der Waals surface area contributed by atoms with Gasteiger partial charge in [0, 0.05) is 26.0 Å². The molecule has 0 amide bonds. The molecule has 0 radical (unpaired) electrons. The van der Waals surface area contributed by atoms with Crippen LogP contribution in [-0.2, 0) is 9.53 Å². The lowest BCUT2D eigenvalue weighted by Crippen LogP contribution is -2.42. The van der Waals surface area contributed by atoms with Gasteiger partial charge in [-0.25, -0.2) is 4.79 Å². The van der Waals surface area contributed by atoms with Gasteiger partial charge in [-0.15, -0.1) is 0 Å². The lowest BCUT2D eigenvalue weighted by molar-refractivity contribution is -0.175. The van der Waals surface area contributed by atoms with E-state index in [4.69, 9.17) is 9.84 Å². The average molecular weight is 228 g/mol. The maximum Gasteiger partial charge on any atom is 0.337 e. The number of carbonyl (C=O) groups is 1. The molecular formula is C11H20N2O3. The molecule has 1 N–H and O–H groups in total. The summed E-state index contributed by atoms with van der Waals surface area (Å²) in [6, 6.07) is 0. The van der Waals surface area contributed by atoms with E-state index in [-0.39, 0.29) is 0 Å². The minimum absolute atomic E-state index is 0.423. The Kier molecular flexibility index (Phi) is 4.61. The molecule has 2 unspecified atom stereocenters. The zero-order valence-corrected chi connectivity index (χ0v) is 10.1. The quantitative estimate of drug-likeness (QED) is 0.702. The maximum absolute atomic E-state index is 11.3. The van der Waals surface area contributed by atoms with Crippen LogP contribution in [0.15, 0.2) is 12.4 Å². The number of nitrogens with zero attached hydrogens (tertiary/aromatic N) is 2. The topological polar surface area (TPSA) is 53.0 Å². The minimum Gasteiger partial charge on any atom is -0.420 e. The summed E-state index contributed by atoms with van der Waals surface area (Å²) in [4.78, 5) is 15.1. The predicted octanol–water partition coefficient (Wildman–Crippen LogP) is 0.713. The van der Waals surface area contributed by atoms with Crippen molar-refractivity contribution in [2.75, 3.05) is 13.6 Å². The highest BCUT2D eigenvalue weighted by Crippen LogP contribution is 2.16. The Morgan fingerprint density at radius 2 is 2.25 bits per heavy atom. The Morgan fingerprint density at radius 1 is 1.56 bits per heavy atom. The highest BCUT2D eigenvalue weighted by atomic mass is 16.6. The predicted molar refractivity (Wildman–Crippen MR) is 60.1 cm³/mol. The van der Waals surface area contributed by atoms with Crippen molar-refractivity contribution in [1.82, 2.24) is 9.80 Å². The summed E-state index contributed by atoms with van der Waals surface area (Å²) >= 11 is 0. The van der Waals surface area contributed by atoms with Crippen molar-refractivity contribution in [2.45, 2.75) is 39.1 Å². The maximum atomic E-state index is 11.3. The summed E-state index contributed by atoms with van der Waals surface area (Å²) in [5.74, 6) is -0.595. The van der Waals surface area contributed by atoms with Crippen molar-refractivity contribution in [3.05, 3.63) is 12.4 Å². The second-order valence-electron chi connectivity index (χ2n) is 3.99. The van der Waals surface area contributed by atoms with Gasteiger partial charge in [0.1, 0.15) is 6.10 Å². The normalized spacial score (nSPS) is 21.4. The Balaban J connectivity index is 2.51. The van der Waals surface area contributed by atoms with E-state index >= 15 is 0 Å². The van der Waals surface area contributed by atoms with Crippen LogP contribution in [0, 0.1) is 0 Å². The van der Waals surface area contributed by atoms with E-state index in [0.29, 0.717) is 0 Å². The fraction of sp³-hybridized carbons (Fsp3) is 0.727. The van der Waals surface area contributed by atoms with Crippen LogP contribution >= 0.6 is 0 Å². The van der Waals surface area contributed by atoms with E-state index in [1.54, 1.807) is 4.90 Å². The second kappa shape index (κ2) is 5.75. The highest BCUT2D eigenvalue weighted by molar-refractivity contribution is 5.73. The van der Waals surface area contributed by atoms with E-state index in [0.717, 1.165) is 19.4 Å². The zero-order chi connectivity index (χ0) is 12.1. The van der Waals surface area contributed by atoms with Gasteiger partial charge in [0.25, 0.3) is 6.35 Å². The Labute approximate surface area is 96.3 Å². The van der Waals surface area contributed by atoms with Gasteiger partial charge in [-0.2, -0.15) is 0 Å². The van der Waals surface area contributed by atoms with Crippen LogP contribution < -0.4 is 0 Å². The van der Waals surface area contributed by atoms with E-state index in [1.807, 2.05) is 24.3 Å². The molecule has 16 heavy (non-hydrogen) atoms. The van der Waals surface area contributed by atoms with Crippen LogP contribution in [0.5, 0.6) is 0 Å². The summed E-state index contributed by atoms with van der Waals surface area (Å²) in [7, 11) is 1.84. The molecule has 0 spiro atoms. The Bertz CT molecular complexity index is 266. The molecule has 0 aromatic rings. The summed E-state index contributed by atoms with van der Waals surface area (Å²) in [5.41, 5.74) is 0. The number of aliphatic hydroxyl groups excluding tert-OH is 1. The molecule has 0 fully saturated rings. The lowest BCUT2D eigenvalue weighted by Gasteiger charge is -2.29. The van der Waals surface area contributed by atoms with E-state index in [9.17, 15) is 4.79 Å². The second-order valence-corrected chi connectivity index (χ2v) is 3.99. The van der Waals surface area contributed by atoms with Gasteiger partial charge in [0.05, 0.1) is 0 Å². The summed E-state index contributed by atoms with van der Waals surface area (Å²) < 4.78 is 5.20. The number of aliphatic hydroxyl groups is 1. The SMILES string of the molecule is CCCCN1C=CN(C)C1OC(=O)C(C)O. The van der Waals surface area contributed by atoms with E-state index < -0.39 is 18.4 Å². The van der Waals surface area contributed by atoms with Crippen LogP contribution in [0.25, 0.3) is 0 Å². The molecule has 0 aliphatic carbocycles. The van der Waals surface area contributed by atoms with Crippen molar-refractivity contribution in [3.8, 4) is 0 Å². The summed E-state index contributed by atoms with van der Waals surface area (Å²) in [5, 5.41) is 9.10. The van der Waals surface area contributed by atoms with Crippen molar-refractivity contribution >= 4 is 5.97 Å². The monoisotopic (exact) mass is 228 g/mol. The third-order valence-electron chi connectivity index (χ3n) is 2.46. The van der Waals surface area contributed by atoms with Crippen molar-refractivity contribution in [2.24, 2.45) is 0 Å². The number of esters is 1. The first-order valence-corrected chi connectivity index (χ1v) is 5.60. The highest BCUT2D eigenvalue weighted by Gasteiger charge is 2.28. The molecule has 1 aliphatic rings. The van der Waals surface area contributed by atoms with Crippen LogP contribution in [0.4, 0.5) is 0 Å². The summed E-state index contributed by atoms with van der Waals surface area (Å²) in [6.07, 6.45) is 4.38. The molecule has 5 heteroatoms. The van der Waals surface area contributed by atoms with Gasteiger partial charge >= 0.3 is 5.97 Å². The summed E-state index contributed by atoms with van der Waals surface area (Å²) in [6.45, 7) is 4.36. The minimum atomic E-state index is -1.08. The molecule has 92 valence electrons. The largest absolute Gasteiger partial charge is 0.420 e. The van der Waals surface area contributed by atoms with Gasteiger partial charge in [0.2, 0.25) is 0 Å². The smallest absolute Gasteiger partial charge is 0.337 e. The molecule has 2 atom stereocenters. The van der Waals surface area contributed by atoms with Gasteiger partial charge in [-0.05, 0) is 13.3 Å². The molecule has 1 heterocycles. The van der Waals surface area contributed by atoms with Crippen LogP contribution in [0.2, 0.25) is 0 Å². The first kappa shape index (κ1) is 12.8. The van der Waals surface area contributed by atoms with Crippen LogP contribution in [-0.4, -0.2) is 46.9 Å². The third-order valence-corrected chi connectivity index (χ3v) is 2.46. The van der Waals surface area contributed by atoms with Crippen molar-refractivity contribution in [1.29, 1.82) is 0 Å². The molecule has 0 aromatic heterocycles. The number of carbonyl (C=O) groups excluding carboxylic acids is 1. The van der Waals surface area contributed by atoms with Gasteiger partial charge < -0.3 is 19.6 Å². The number of hydrogen-bond acceptors (Lipinski definition) is 5. The number of rotatable bonds is 5. The molecule has 5 nitrogen and oxygen atoms in total. The number of unbranched alkanes of at least 4 members (excludes halogenated alkanes) is 1. The molecule has 0 aromatic carbocycles. The Morgan fingerprint density at radius 3 is 2.81 bits per heavy atom. The lowest BCUT2D eigenvalue weighted by atomic mass is 10.3. The molecule has 0 saturated heterocycles. The van der Waals surface area contributed by atoms with Gasteiger partial charge in [-0.3, -0.25) is 0 Å². The van der Waals surface area contributed by atoms with Gasteiger partial charge in [0.15, 0.2) is 0 Å². The van der Waals surface area contributed by atoms with Crippen molar-refractivity contribution < 1.29 is 14.6 Å². The molecule has 1 aliphatic heterocycles. The van der Waals surface area contributed by atoms with E-state index in [2.05, 4.69) is 6.92 Å². The number of hydrogen-bond donors (Lipinski definition) is 1. The molecule has 1 rings (SSSR count). The van der Waals surface area contributed by atoms with Crippen LogP contribution in [0.3, 0.4) is 0 Å². The van der Waals surface area contributed by atoms with Crippen molar-refractivity contribution in [3.63, 3.8) is 0 Å². The fourth-order valence-electron chi connectivity index (χ4n) is 1.45. The first-order chi connectivity index (χ1) is 7.56. The first-order valence-electron chi connectivity index (χ1n) is 5.60. The van der Waals surface area contributed by atoms with Gasteiger partial charge in [-0.1, -0.05) is 13.3 Å². The zero-order valence-electron chi connectivity index (χ0n) is 10.1. The van der Waals surface area contributed by atoms with E-state index in [1.165, 1.54) is 6.92 Å².